The Bertz CT molecular complexity index is 786. The second-order valence-electron chi connectivity index (χ2n) is 4.90. The van der Waals surface area contributed by atoms with Gasteiger partial charge in [-0.3, -0.25) is 4.79 Å². The Hall–Kier alpha value is -1.70. The van der Waals surface area contributed by atoms with Crippen molar-refractivity contribution in [3.8, 4) is 11.1 Å². The zero-order valence-corrected chi connectivity index (χ0v) is 15.0. The maximum absolute atomic E-state index is 12.2. The van der Waals surface area contributed by atoms with Crippen LogP contribution in [0.5, 0.6) is 0 Å². The Balaban J connectivity index is 2.21. The van der Waals surface area contributed by atoms with Crippen LogP contribution in [-0.2, 0) is 19.6 Å². The summed E-state index contributed by atoms with van der Waals surface area (Å²) in [4.78, 5) is 11.4. The lowest BCUT2D eigenvalue weighted by atomic mass is 10.1. The lowest BCUT2D eigenvalue weighted by Crippen LogP contribution is -2.39. The molecule has 2 aromatic carbocycles. The van der Waals surface area contributed by atoms with E-state index in [9.17, 15) is 13.2 Å². The molecule has 0 aliphatic carbocycles. The molecule has 0 radical (unpaired) electrons. The molecular weight excluding hydrogens is 382 g/mol. The van der Waals surface area contributed by atoms with E-state index in [1.165, 1.54) is 26.2 Å². The molecule has 0 bridgehead atoms. The van der Waals surface area contributed by atoms with Crippen LogP contribution in [0, 0.1) is 0 Å². The van der Waals surface area contributed by atoms with Crippen LogP contribution in [0.3, 0.4) is 0 Å². The van der Waals surface area contributed by atoms with Gasteiger partial charge in [0, 0.05) is 4.47 Å². The summed E-state index contributed by atoms with van der Waals surface area (Å²) in [5.41, 5.74) is 1.88. The first-order chi connectivity index (χ1) is 10.8. The van der Waals surface area contributed by atoms with Crippen molar-refractivity contribution < 1.29 is 17.9 Å². The molecule has 0 fully saturated rings. The predicted molar refractivity (Wildman–Crippen MR) is 91.4 cm³/mol. The summed E-state index contributed by atoms with van der Waals surface area (Å²) >= 11 is 3.37. The van der Waals surface area contributed by atoms with Gasteiger partial charge in [0.1, 0.15) is 6.04 Å². The number of benzene rings is 2. The molecule has 7 heteroatoms. The lowest BCUT2D eigenvalue weighted by molar-refractivity contribution is -0.142. The Kier molecular flexibility index (Phi) is 5.56. The average Bonchev–Trinajstić information content (AvgIpc) is 2.54. The maximum Gasteiger partial charge on any atom is 0.323 e. The third kappa shape index (κ3) is 4.40. The van der Waals surface area contributed by atoms with Crippen molar-refractivity contribution in [1.82, 2.24) is 4.72 Å². The molecule has 0 aliphatic rings. The van der Waals surface area contributed by atoms with E-state index in [1.807, 2.05) is 24.3 Å². The third-order valence-electron chi connectivity index (χ3n) is 3.23. The molecule has 0 unspecified atom stereocenters. The smallest absolute Gasteiger partial charge is 0.323 e. The molecular formula is C16H16BrNO4S. The largest absolute Gasteiger partial charge is 0.468 e. The van der Waals surface area contributed by atoms with Gasteiger partial charge in [-0.1, -0.05) is 40.2 Å². The molecule has 0 amide bonds. The van der Waals surface area contributed by atoms with Gasteiger partial charge in [-0.05, 0) is 42.3 Å². The molecule has 0 aliphatic heterocycles. The van der Waals surface area contributed by atoms with Gasteiger partial charge in [0.15, 0.2) is 0 Å². The van der Waals surface area contributed by atoms with E-state index in [2.05, 4.69) is 25.4 Å². The summed E-state index contributed by atoms with van der Waals surface area (Å²) in [5.74, 6) is -0.639. The number of esters is 1. The molecule has 1 N–H and O–H groups in total. The van der Waals surface area contributed by atoms with E-state index in [1.54, 1.807) is 12.1 Å². The predicted octanol–water partition coefficient (Wildman–Crippen LogP) is 2.96. The zero-order chi connectivity index (χ0) is 17.0. The number of hydrogen-bond acceptors (Lipinski definition) is 4. The highest BCUT2D eigenvalue weighted by Gasteiger charge is 2.22. The normalized spacial score (nSPS) is 12.7. The van der Waals surface area contributed by atoms with Crippen molar-refractivity contribution in [3.63, 3.8) is 0 Å². The number of carbonyl (C=O) groups is 1. The molecule has 23 heavy (non-hydrogen) atoms. The number of ether oxygens (including phenoxy) is 1. The van der Waals surface area contributed by atoms with Crippen LogP contribution in [0.2, 0.25) is 0 Å². The first-order valence-electron chi connectivity index (χ1n) is 6.79. The van der Waals surface area contributed by atoms with Crippen molar-refractivity contribution in [3.05, 3.63) is 53.0 Å². The monoisotopic (exact) mass is 397 g/mol. The minimum atomic E-state index is -3.78. The molecule has 122 valence electrons. The van der Waals surface area contributed by atoms with Crippen LogP contribution in [0.4, 0.5) is 0 Å². The van der Waals surface area contributed by atoms with Gasteiger partial charge in [0.25, 0.3) is 0 Å². The topological polar surface area (TPSA) is 72.5 Å². The second-order valence-corrected chi connectivity index (χ2v) is 7.53. The fourth-order valence-corrected chi connectivity index (χ4v) is 3.45. The van der Waals surface area contributed by atoms with Crippen LogP contribution in [0.25, 0.3) is 11.1 Å². The maximum atomic E-state index is 12.2. The van der Waals surface area contributed by atoms with Crippen molar-refractivity contribution in [1.29, 1.82) is 0 Å². The number of nitrogens with one attached hydrogen (secondary N) is 1. The van der Waals surface area contributed by atoms with E-state index >= 15 is 0 Å². The number of carbonyl (C=O) groups excluding carboxylic acids is 1. The van der Waals surface area contributed by atoms with Gasteiger partial charge in [-0.2, -0.15) is 4.72 Å². The van der Waals surface area contributed by atoms with Gasteiger partial charge in [-0.15, -0.1) is 0 Å². The summed E-state index contributed by atoms with van der Waals surface area (Å²) < 4.78 is 32.2. The Morgan fingerprint density at radius 3 is 2.00 bits per heavy atom. The van der Waals surface area contributed by atoms with Crippen LogP contribution in [0.1, 0.15) is 6.92 Å². The Morgan fingerprint density at radius 2 is 1.52 bits per heavy atom. The van der Waals surface area contributed by atoms with E-state index in [0.29, 0.717) is 0 Å². The minimum Gasteiger partial charge on any atom is -0.468 e. The van der Waals surface area contributed by atoms with Crippen LogP contribution < -0.4 is 4.72 Å². The molecule has 0 aromatic heterocycles. The number of rotatable bonds is 5. The molecule has 2 aromatic rings. The summed E-state index contributed by atoms with van der Waals surface area (Å²) in [6.45, 7) is 1.43. The molecule has 0 saturated carbocycles. The van der Waals surface area contributed by atoms with Crippen LogP contribution in [0.15, 0.2) is 57.9 Å². The fourth-order valence-electron chi connectivity index (χ4n) is 1.99. The number of sulfonamides is 1. The SMILES string of the molecule is COC(=O)[C@H](C)NS(=O)(=O)c1ccc(-c2ccc(Br)cc2)cc1. The number of halogens is 1. The molecule has 5 nitrogen and oxygen atoms in total. The summed E-state index contributed by atoms with van der Waals surface area (Å²) in [7, 11) is -2.57. The van der Waals surface area contributed by atoms with Crippen LogP contribution in [-0.4, -0.2) is 27.5 Å². The van der Waals surface area contributed by atoms with E-state index in [0.717, 1.165) is 15.6 Å². The second kappa shape index (κ2) is 7.25. The lowest BCUT2D eigenvalue weighted by Gasteiger charge is -2.12. The summed E-state index contributed by atoms with van der Waals surface area (Å²) in [5, 5.41) is 0. The van der Waals surface area contributed by atoms with Gasteiger partial charge < -0.3 is 4.74 Å². The van der Waals surface area contributed by atoms with Gasteiger partial charge >= 0.3 is 5.97 Å². The van der Waals surface area contributed by atoms with Gasteiger partial charge in [0.05, 0.1) is 12.0 Å². The third-order valence-corrected chi connectivity index (χ3v) is 5.31. The van der Waals surface area contributed by atoms with E-state index < -0.39 is 22.0 Å². The van der Waals surface area contributed by atoms with Crippen molar-refractivity contribution in [2.45, 2.75) is 17.9 Å². The minimum absolute atomic E-state index is 0.0918. The summed E-state index contributed by atoms with van der Waals surface area (Å²) in [6, 6.07) is 13.2. The van der Waals surface area contributed by atoms with Gasteiger partial charge in [-0.25, -0.2) is 8.42 Å². The van der Waals surface area contributed by atoms with E-state index in [-0.39, 0.29) is 4.90 Å². The standard InChI is InChI=1S/C16H16BrNO4S/c1-11(16(19)22-2)18-23(20,21)15-9-5-13(6-10-15)12-3-7-14(17)8-4-12/h3-11,18H,1-2H3/t11-/m0/s1. The van der Waals surface area contributed by atoms with Gasteiger partial charge in [0.2, 0.25) is 10.0 Å². The van der Waals surface area contributed by atoms with Crippen molar-refractivity contribution in [2.75, 3.05) is 7.11 Å². The Labute approximate surface area is 143 Å². The Morgan fingerprint density at radius 1 is 1.04 bits per heavy atom. The highest BCUT2D eigenvalue weighted by Crippen LogP contribution is 2.23. The first kappa shape index (κ1) is 17.7. The number of hydrogen-bond donors (Lipinski definition) is 1. The highest BCUT2D eigenvalue weighted by molar-refractivity contribution is 9.10. The molecule has 2 rings (SSSR count). The molecule has 0 spiro atoms. The highest BCUT2D eigenvalue weighted by atomic mass is 79.9. The van der Waals surface area contributed by atoms with Crippen molar-refractivity contribution in [2.24, 2.45) is 0 Å². The van der Waals surface area contributed by atoms with Crippen LogP contribution >= 0.6 is 15.9 Å². The molecule has 1 atom stereocenters. The summed E-state index contributed by atoms with van der Waals surface area (Å²) in [6.07, 6.45) is 0. The average molecular weight is 398 g/mol. The zero-order valence-electron chi connectivity index (χ0n) is 12.6. The quantitative estimate of drug-likeness (QED) is 0.787. The fraction of sp³-hybridized carbons (Fsp3) is 0.188. The van der Waals surface area contributed by atoms with E-state index in [4.69, 9.17) is 0 Å². The number of methoxy groups -OCH3 is 1. The van der Waals surface area contributed by atoms with Crippen molar-refractivity contribution >= 4 is 31.9 Å². The first-order valence-corrected chi connectivity index (χ1v) is 9.07. The molecule has 0 heterocycles. The molecule has 0 saturated heterocycles.